The average Bonchev–Trinajstić information content (AvgIpc) is 2.83. The van der Waals surface area contributed by atoms with Gasteiger partial charge in [0.1, 0.15) is 12.1 Å². The van der Waals surface area contributed by atoms with Crippen molar-refractivity contribution in [3.05, 3.63) is 52.6 Å². The van der Waals surface area contributed by atoms with Crippen LogP contribution in [0.3, 0.4) is 0 Å². The van der Waals surface area contributed by atoms with E-state index in [4.69, 9.17) is 4.74 Å². The monoisotopic (exact) mass is 284 g/mol. The van der Waals surface area contributed by atoms with Gasteiger partial charge in [-0.3, -0.25) is 14.2 Å². The third-order valence-electron chi connectivity index (χ3n) is 3.55. The molecule has 0 aliphatic carbocycles. The minimum Gasteiger partial charge on any atom is -0.465 e. The maximum atomic E-state index is 12.6. The van der Waals surface area contributed by atoms with Crippen molar-refractivity contribution in [1.82, 2.24) is 8.97 Å². The molecule has 2 aromatic heterocycles. The first-order chi connectivity index (χ1) is 10.1. The molecule has 0 unspecified atom stereocenters. The summed E-state index contributed by atoms with van der Waals surface area (Å²) in [5.74, 6) is -0.400. The number of fused-ring (bicyclic) bond motifs is 3. The number of para-hydroxylation sites is 1. The van der Waals surface area contributed by atoms with Gasteiger partial charge in [0.05, 0.1) is 12.1 Å². The highest BCUT2D eigenvalue weighted by molar-refractivity contribution is 5.86. The molecule has 0 fully saturated rings. The van der Waals surface area contributed by atoms with Crippen LogP contribution in [-0.2, 0) is 16.1 Å². The molecular formula is C16H16N2O3. The Kier molecular flexibility index (Phi) is 3.25. The molecule has 5 heteroatoms. The van der Waals surface area contributed by atoms with Gasteiger partial charge in [0.2, 0.25) is 0 Å². The van der Waals surface area contributed by atoms with E-state index in [1.54, 1.807) is 6.92 Å². The minimum atomic E-state index is -0.400. The number of aryl methyl sites for hydroxylation is 1. The second-order valence-corrected chi connectivity index (χ2v) is 4.93. The summed E-state index contributed by atoms with van der Waals surface area (Å²) >= 11 is 0. The molecule has 2 heterocycles. The Morgan fingerprint density at radius 3 is 2.76 bits per heavy atom. The van der Waals surface area contributed by atoms with Crippen molar-refractivity contribution in [3.8, 4) is 0 Å². The van der Waals surface area contributed by atoms with Gasteiger partial charge >= 0.3 is 5.97 Å². The fourth-order valence-corrected chi connectivity index (χ4v) is 2.57. The molecular weight excluding hydrogens is 268 g/mol. The van der Waals surface area contributed by atoms with Crippen LogP contribution in [0.1, 0.15) is 12.6 Å². The largest absolute Gasteiger partial charge is 0.465 e. The van der Waals surface area contributed by atoms with Crippen molar-refractivity contribution >= 4 is 22.4 Å². The first kappa shape index (κ1) is 13.4. The lowest BCUT2D eigenvalue weighted by Gasteiger charge is -2.10. The molecule has 3 rings (SSSR count). The van der Waals surface area contributed by atoms with E-state index in [2.05, 4.69) is 0 Å². The number of aromatic nitrogens is 2. The van der Waals surface area contributed by atoms with Crippen LogP contribution in [0.4, 0.5) is 0 Å². The van der Waals surface area contributed by atoms with Crippen LogP contribution in [0.5, 0.6) is 0 Å². The first-order valence-corrected chi connectivity index (χ1v) is 6.87. The zero-order valence-electron chi connectivity index (χ0n) is 12.0. The van der Waals surface area contributed by atoms with E-state index >= 15 is 0 Å². The Hall–Kier alpha value is -2.56. The molecule has 21 heavy (non-hydrogen) atoms. The molecule has 108 valence electrons. The number of nitrogens with zero attached hydrogens (tertiary/aromatic N) is 2. The fraction of sp³-hybridized carbons (Fsp3) is 0.250. The number of ether oxygens (including phenoxy) is 1. The number of hydrogen-bond donors (Lipinski definition) is 0. The van der Waals surface area contributed by atoms with Gasteiger partial charge in [0.15, 0.2) is 0 Å². The Morgan fingerprint density at radius 2 is 2.00 bits per heavy atom. The third-order valence-corrected chi connectivity index (χ3v) is 3.55. The molecule has 5 nitrogen and oxygen atoms in total. The van der Waals surface area contributed by atoms with Crippen LogP contribution in [-0.4, -0.2) is 21.5 Å². The molecule has 0 bridgehead atoms. The first-order valence-electron chi connectivity index (χ1n) is 6.87. The highest BCUT2D eigenvalue weighted by atomic mass is 16.5. The van der Waals surface area contributed by atoms with Crippen LogP contribution < -0.4 is 5.56 Å². The van der Waals surface area contributed by atoms with Crippen LogP contribution in [0.15, 0.2) is 41.3 Å². The van der Waals surface area contributed by atoms with Crippen molar-refractivity contribution < 1.29 is 9.53 Å². The zero-order valence-corrected chi connectivity index (χ0v) is 12.0. The van der Waals surface area contributed by atoms with Crippen LogP contribution in [0, 0.1) is 6.92 Å². The highest BCUT2D eigenvalue weighted by Gasteiger charge is 2.13. The highest BCUT2D eigenvalue weighted by Crippen LogP contribution is 2.18. The van der Waals surface area contributed by atoms with Crippen molar-refractivity contribution in [1.29, 1.82) is 0 Å². The summed E-state index contributed by atoms with van der Waals surface area (Å²) in [5.41, 5.74) is 2.09. The van der Waals surface area contributed by atoms with Gasteiger partial charge in [-0.05, 0) is 26.0 Å². The second-order valence-electron chi connectivity index (χ2n) is 4.93. The summed E-state index contributed by atoms with van der Waals surface area (Å²) in [7, 11) is 0. The maximum absolute atomic E-state index is 12.6. The lowest BCUT2D eigenvalue weighted by Crippen LogP contribution is -2.28. The quantitative estimate of drug-likeness (QED) is 0.692. The number of benzene rings is 1. The van der Waals surface area contributed by atoms with Gasteiger partial charge < -0.3 is 9.14 Å². The van der Waals surface area contributed by atoms with Crippen LogP contribution >= 0.6 is 0 Å². The number of rotatable bonds is 3. The summed E-state index contributed by atoms with van der Waals surface area (Å²) in [6.07, 6.45) is 1.87. The van der Waals surface area contributed by atoms with Gasteiger partial charge in [-0.25, -0.2) is 0 Å². The summed E-state index contributed by atoms with van der Waals surface area (Å²) in [5, 5.41) is 1.00. The minimum absolute atomic E-state index is 0.0590. The van der Waals surface area contributed by atoms with Crippen LogP contribution in [0.2, 0.25) is 0 Å². The molecule has 0 aliphatic rings. The fourth-order valence-electron chi connectivity index (χ4n) is 2.57. The Bertz CT molecular complexity index is 890. The summed E-state index contributed by atoms with van der Waals surface area (Å²) < 4.78 is 8.24. The zero-order chi connectivity index (χ0) is 15.0. The molecule has 0 aliphatic heterocycles. The molecule has 0 saturated carbocycles. The Balaban J connectivity index is 2.21. The number of carbonyl (C=O) groups is 1. The van der Waals surface area contributed by atoms with Crippen molar-refractivity contribution in [2.75, 3.05) is 6.61 Å². The Labute approximate surface area is 121 Å². The molecule has 0 radical (unpaired) electrons. The molecule has 3 aromatic rings. The smallest absolute Gasteiger partial charge is 0.326 e. The number of hydrogen-bond acceptors (Lipinski definition) is 3. The van der Waals surface area contributed by atoms with Crippen LogP contribution in [0.25, 0.3) is 16.4 Å². The molecule has 0 amide bonds. The van der Waals surface area contributed by atoms with Gasteiger partial charge in [0, 0.05) is 17.3 Å². The van der Waals surface area contributed by atoms with Gasteiger partial charge in [-0.1, -0.05) is 18.2 Å². The topological polar surface area (TPSA) is 52.7 Å². The summed E-state index contributed by atoms with van der Waals surface area (Å²) in [6.45, 7) is 3.81. The van der Waals surface area contributed by atoms with Gasteiger partial charge in [-0.2, -0.15) is 0 Å². The Morgan fingerprint density at radius 1 is 1.24 bits per heavy atom. The SMILES string of the molecule is CCOC(=O)Cn1c(C)cn2c(cc3ccccc32)c1=O. The lowest BCUT2D eigenvalue weighted by molar-refractivity contribution is -0.143. The van der Waals surface area contributed by atoms with E-state index in [1.165, 1.54) is 4.57 Å². The summed E-state index contributed by atoms with van der Waals surface area (Å²) in [4.78, 5) is 24.2. The van der Waals surface area contributed by atoms with E-state index in [0.29, 0.717) is 12.1 Å². The summed E-state index contributed by atoms with van der Waals surface area (Å²) in [6, 6.07) is 9.66. The van der Waals surface area contributed by atoms with Crippen molar-refractivity contribution in [2.45, 2.75) is 20.4 Å². The van der Waals surface area contributed by atoms with E-state index in [1.807, 2.05) is 47.9 Å². The molecule has 0 spiro atoms. The number of esters is 1. The number of carbonyl (C=O) groups excluding carboxylic acids is 1. The second kappa shape index (κ2) is 5.09. The molecule has 0 saturated heterocycles. The average molecular weight is 284 g/mol. The van der Waals surface area contributed by atoms with Crippen molar-refractivity contribution in [2.24, 2.45) is 0 Å². The lowest BCUT2D eigenvalue weighted by atomic mass is 10.2. The standard InChI is InChI=1S/C16H16N2O3/c1-3-21-15(19)10-17-11(2)9-18-13-7-5-4-6-12(13)8-14(18)16(17)20/h4-9H,3,10H2,1-2H3. The third kappa shape index (κ3) is 2.20. The van der Waals surface area contributed by atoms with Gasteiger partial charge in [0.25, 0.3) is 5.56 Å². The predicted molar refractivity (Wildman–Crippen MR) is 80.5 cm³/mol. The van der Waals surface area contributed by atoms with E-state index < -0.39 is 5.97 Å². The van der Waals surface area contributed by atoms with E-state index in [9.17, 15) is 9.59 Å². The molecule has 0 N–H and O–H groups in total. The predicted octanol–water partition coefficient (Wildman–Crippen LogP) is 2.13. The van der Waals surface area contributed by atoms with E-state index in [0.717, 1.165) is 16.6 Å². The molecule has 1 aromatic carbocycles. The van der Waals surface area contributed by atoms with Crippen molar-refractivity contribution in [3.63, 3.8) is 0 Å². The van der Waals surface area contributed by atoms with Gasteiger partial charge in [-0.15, -0.1) is 0 Å². The molecule has 0 atom stereocenters. The van der Waals surface area contributed by atoms with E-state index in [-0.39, 0.29) is 12.1 Å². The normalized spacial score (nSPS) is 11.1. The maximum Gasteiger partial charge on any atom is 0.326 e.